The lowest BCUT2D eigenvalue weighted by Gasteiger charge is -2.08. The van der Waals surface area contributed by atoms with E-state index >= 15 is 0 Å². The molecular weight excluding hydrogens is 370 g/mol. The molecular formula is C27H17NS. The van der Waals surface area contributed by atoms with E-state index in [0.29, 0.717) is 0 Å². The molecule has 0 fully saturated rings. The van der Waals surface area contributed by atoms with Crippen LogP contribution in [0, 0.1) is 0 Å². The molecule has 29 heavy (non-hydrogen) atoms. The van der Waals surface area contributed by atoms with E-state index in [2.05, 4.69) is 97.1 Å². The summed E-state index contributed by atoms with van der Waals surface area (Å²) < 4.78 is 6.11. The summed E-state index contributed by atoms with van der Waals surface area (Å²) in [6.07, 6.45) is 0. The molecule has 1 nitrogen and oxygen atoms in total. The minimum Gasteiger partial charge on any atom is -0.191 e. The highest BCUT2D eigenvalue weighted by atomic mass is 32.1. The molecule has 0 bridgehead atoms. The number of aromatic nitrogens is 1. The van der Waals surface area contributed by atoms with Gasteiger partial charge in [-0.25, -0.2) is 0 Å². The molecule has 0 saturated carbocycles. The Morgan fingerprint density at radius 3 is 1.97 bits per heavy atom. The highest BCUT2D eigenvalue weighted by molar-refractivity contribution is 7.15. The van der Waals surface area contributed by atoms with E-state index in [1.807, 2.05) is 6.07 Å². The molecule has 2 heteroatoms. The molecule has 0 amide bonds. The van der Waals surface area contributed by atoms with Gasteiger partial charge in [0.05, 0.1) is 10.4 Å². The first-order chi connectivity index (χ1) is 14.4. The number of benzene rings is 5. The summed E-state index contributed by atoms with van der Waals surface area (Å²) >= 11 is 1.60. The molecule has 6 rings (SSSR count). The summed E-state index contributed by atoms with van der Waals surface area (Å²) in [5, 5.41) is 6.35. The maximum Gasteiger partial charge on any atom is 0.0919 e. The van der Waals surface area contributed by atoms with Gasteiger partial charge in [0, 0.05) is 16.3 Å². The maximum absolute atomic E-state index is 4.84. The van der Waals surface area contributed by atoms with Crippen LogP contribution >= 0.6 is 11.5 Å². The van der Waals surface area contributed by atoms with Gasteiger partial charge >= 0.3 is 0 Å². The van der Waals surface area contributed by atoms with Crippen molar-refractivity contribution in [2.45, 2.75) is 0 Å². The van der Waals surface area contributed by atoms with Gasteiger partial charge in [-0.1, -0.05) is 97.1 Å². The number of nitrogens with zero attached hydrogens (tertiary/aromatic N) is 1. The van der Waals surface area contributed by atoms with Crippen molar-refractivity contribution in [3.63, 3.8) is 0 Å². The van der Waals surface area contributed by atoms with Crippen molar-refractivity contribution in [1.29, 1.82) is 0 Å². The van der Waals surface area contributed by atoms with Crippen molar-refractivity contribution < 1.29 is 0 Å². The third kappa shape index (κ3) is 2.65. The Balaban J connectivity index is 1.68. The third-order valence-corrected chi connectivity index (χ3v) is 6.47. The second kappa shape index (κ2) is 6.54. The standard InChI is InChI=1S/C27H17NS/c1-3-7-18(8-4-1)22-14-12-19-11-13-20-15-16-23-26(21-9-5-2-6-10-21)28-29-27(23)25(20)24(19)17-22/h1-17H. The van der Waals surface area contributed by atoms with Gasteiger partial charge in [-0.3, -0.25) is 0 Å². The summed E-state index contributed by atoms with van der Waals surface area (Å²) in [6, 6.07) is 36.7. The Kier molecular flexibility index (Phi) is 3.71. The normalized spacial score (nSPS) is 11.4. The second-order valence-electron chi connectivity index (χ2n) is 7.31. The minimum absolute atomic E-state index is 1.07. The van der Waals surface area contributed by atoms with E-state index in [1.54, 1.807) is 11.5 Å². The summed E-state index contributed by atoms with van der Waals surface area (Å²) in [5.41, 5.74) is 4.73. The van der Waals surface area contributed by atoms with Gasteiger partial charge in [-0.2, -0.15) is 4.37 Å². The smallest absolute Gasteiger partial charge is 0.0919 e. The molecule has 0 aliphatic rings. The average Bonchev–Trinajstić information content (AvgIpc) is 3.24. The Morgan fingerprint density at radius 1 is 0.517 bits per heavy atom. The predicted octanol–water partition coefficient (Wildman–Crippen LogP) is 7.94. The zero-order valence-corrected chi connectivity index (χ0v) is 16.5. The molecule has 0 N–H and O–H groups in total. The fraction of sp³-hybridized carbons (Fsp3) is 0. The van der Waals surface area contributed by atoms with Crippen LogP contribution in [0.25, 0.3) is 54.0 Å². The fourth-order valence-electron chi connectivity index (χ4n) is 4.15. The van der Waals surface area contributed by atoms with Gasteiger partial charge in [-0.15, -0.1) is 0 Å². The Hall–Kier alpha value is -3.49. The lowest BCUT2D eigenvalue weighted by Crippen LogP contribution is -1.82. The largest absolute Gasteiger partial charge is 0.191 e. The Labute approximate surface area is 173 Å². The Bertz CT molecular complexity index is 1480. The molecule has 0 atom stereocenters. The lowest BCUT2D eigenvalue weighted by atomic mass is 9.96. The van der Waals surface area contributed by atoms with Crippen LogP contribution < -0.4 is 0 Å². The summed E-state index contributed by atoms with van der Waals surface area (Å²) in [4.78, 5) is 0. The van der Waals surface area contributed by atoms with Crippen molar-refractivity contribution in [3.05, 3.63) is 103 Å². The molecule has 0 saturated heterocycles. The minimum atomic E-state index is 1.07. The number of fused-ring (bicyclic) bond motifs is 5. The molecule has 0 unspecified atom stereocenters. The van der Waals surface area contributed by atoms with E-state index in [4.69, 9.17) is 4.37 Å². The van der Waals surface area contributed by atoms with Crippen molar-refractivity contribution in [2.75, 3.05) is 0 Å². The first kappa shape index (κ1) is 16.5. The van der Waals surface area contributed by atoms with Crippen LogP contribution in [0.15, 0.2) is 103 Å². The first-order valence-corrected chi connectivity index (χ1v) is 10.5. The van der Waals surface area contributed by atoms with Gasteiger partial charge in [0.1, 0.15) is 0 Å². The van der Waals surface area contributed by atoms with Crippen molar-refractivity contribution in [2.24, 2.45) is 0 Å². The summed E-state index contributed by atoms with van der Waals surface area (Å²) in [7, 11) is 0. The number of rotatable bonds is 2. The van der Waals surface area contributed by atoms with Gasteiger partial charge in [0.2, 0.25) is 0 Å². The zero-order chi connectivity index (χ0) is 19.2. The highest BCUT2D eigenvalue weighted by Gasteiger charge is 2.13. The van der Waals surface area contributed by atoms with Crippen molar-refractivity contribution >= 4 is 43.2 Å². The van der Waals surface area contributed by atoms with E-state index in [9.17, 15) is 0 Å². The summed E-state index contributed by atoms with van der Waals surface area (Å²) in [6.45, 7) is 0. The van der Waals surface area contributed by atoms with Crippen LogP contribution in [-0.4, -0.2) is 4.37 Å². The second-order valence-corrected chi connectivity index (χ2v) is 8.08. The van der Waals surface area contributed by atoms with Crippen LogP contribution in [0.3, 0.4) is 0 Å². The predicted molar refractivity (Wildman–Crippen MR) is 126 cm³/mol. The van der Waals surface area contributed by atoms with Crippen LogP contribution in [0.2, 0.25) is 0 Å². The SMILES string of the molecule is c1ccc(-c2ccc3ccc4ccc5c(-c6ccccc6)nsc5c4c3c2)cc1. The van der Waals surface area contributed by atoms with Gasteiger partial charge in [0.25, 0.3) is 0 Å². The van der Waals surface area contributed by atoms with E-state index < -0.39 is 0 Å². The molecule has 0 radical (unpaired) electrons. The van der Waals surface area contributed by atoms with E-state index in [0.717, 1.165) is 5.69 Å². The molecule has 6 aromatic rings. The maximum atomic E-state index is 4.84. The third-order valence-electron chi connectivity index (χ3n) is 5.59. The monoisotopic (exact) mass is 387 g/mol. The topological polar surface area (TPSA) is 12.9 Å². The average molecular weight is 388 g/mol. The highest BCUT2D eigenvalue weighted by Crippen LogP contribution is 2.39. The fourth-order valence-corrected chi connectivity index (χ4v) is 5.12. The quantitative estimate of drug-likeness (QED) is 0.275. The van der Waals surface area contributed by atoms with Crippen molar-refractivity contribution in [1.82, 2.24) is 4.37 Å². The lowest BCUT2D eigenvalue weighted by molar-refractivity contribution is 1.54. The van der Waals surface area contributed by atoms with Crippen LogP contribution in [-0.2, 0) is 0 Å². The zero-order valence-electron chi connectivity index (χ0n) is 15.7. The van der Waals surface area contributed by atoms with Gasteiger partial charge in [0.15, 0.2) is 0 Å². The van der Waals surface area contributed by atoms with Gasteiger partial charge in [-0.05, 0) is 44.9 Å². The molecule has 136 valence electrons. The Morgan fingerprint density at radius 2 is 1.17 bits per heavy atom. The van der Waals surface area contributed by atoms with Crippen LogP contribution in [0.1, 0.15) is 0 Å². The molecule has 0 aliphatic heterocycles. The summed E-state index contributed by atoms with van der Waals surface area (Å²) in [5.74, 6) is 0. The molecule has 0 spiro atoms. The van der Waals surface area contributed by atoms with Crippen LogP contribution in [0.4, 0.5) is 0 Å². The van der Waals surface area contributed by atoms with Gasteiger partial charge < -0.3 is 0 Å². The number of hydrogen-bond acceptors (Lipinski definition) is 2. The van der Waals surface area contributed by atoms with Crippen molar-refractivity contribution in [3.8, 4) is 22.4 Å². The number of hydrogen-bond donors (Lipinski definition) is 0. The van der Waals surface area contributed by atoms with E-state index in [-0.39, 0.29) is 0 Å². The molecule has 1 heterocycles. The first-order valence-electron chi connectivity index (χ1n) is 9.74. The molecule has 5 aromatic carbocycles. The van der Waals surface area contributed by atoms with E-state index in [1.165, 1.54) is 48.3 Å². The molecule has 0 aliphatic carbocycles. The van der Waals surface area contributed by atoms with Crippen LogP contribution in [0.5, 0.6) is 0 Å². The molecule has 1 aromatic heterocycles.